The highest BCUT2D eigenvalue weighted by atomic mass is 35.5. The van der Waals surface area contributed by atoms with Gasteiger partial charge in [0.1, 0.15) is 48.2 Å². The van der Waals surface area contributed by atoms with E-state index in [1.165, 1.54) is 18.6 Å². The summed E-state index contributed by atoms with van der Waals surface area (Å²) in [7, 11) is 1.53. The molecule has 3 N–H and O–H groups in total. The number of anilines is 1. The fourth-order valence-electron chi connectivity index (χ4n) is 11.1. The molecule has 6 atom stereocenters. The summed E-state index contributed by atoms with van der Waals surface area (Å²) in [6, 6.07) is 21.2. The number of carbonyl (C=O) groups is 2. The van der Waals surface area contributed by atoms with Crippen molar-refractivity contribution >= 4 is 62.1 Å². The molecule has 0 radical (unpaired) electrons. The first kappa shape index (κ1) is 58.4. The van der Waals surface area contributed by atoms with Crippen LogP contribution in [0.5, 0.6) is 11.8 Å². The van der Waals surface area contributed by atoms with Gasteiger partial charge in [0.2, 0.25) is 12.3 Å². The highest BCUT2D eigenvalue weighted by Gasteiger charge is 2.43. The molecule has 3 aliphatic heterocycles. The predicted molar refractivity (Wildman–Crippen MR) is 307 cm³/mol. The average molecular weight is 1170 g/mol. The number of piperazine rings is 1. The smallest absolute Gasteiger partial charge is 0.417 e. The number of carbonyl (C=O) groups excluding carboxylic acids is 2. The van der Waals surface area contributed by atoms with E-state index in [1.54, 1.807) is 54.5 Å². The van der Waals surface area contributed by atoms with Crippen LogP contribution in [-0.4, -0.2) is 116 Å². The van der Waals surface area contributed by atoms with Crippen molar-refractivity contribution in [2.75, 3.05) is 44.9 Å². The number of thiophene rings is 1. The topological polar surface area (TPSA) is 206 Å². The van der Waals surface area contributed by atoms with Gasteiger partial charge in [-0.25, -0.2) is 9.07 Å². The van der Waals surface area contributed by atoms with Crippen LogP contribution in [0.1, 0.15) is 81.3 Å². The number of aliphatic hydroxyl groups excluding tert-OH is 1. The van der Waals surface area contributed by atoms with Crippen LogP contribution in [0.15, 0.2) is 96.8 Å². The van der Waals surface area contributed by atoms with E-state index in [9.17, 15) is 20.0 Å². The molecule has 7 heterocycles. The van der Waals surface area contributed by atoms with Crippen molar-refractivity contribution in [3.05, 3.63) is 130 Å². The van der Waals surface area contributed by atoms with E-state index in [2.05, 4.69) is 32.9 Å². The van der Waals surface area contributed by atoms with Gasteiger partial charge in [-0.2, -0.15) is 28.4 Å². The van der Waals surface area contributed by atoms with Crippen molar-refractivity contribution in [2.45, 2.75) is 96.1 Å². The number of hydrogen-bond donors (Lipinski definition) is 3. The van der Waals surface area contributed by atoms with E-state index in [0.717, 1.165) is 59.4 Å². The standard InChI is InChI=1S/C46H47F4N9O4S.C14H13ClN2O2/c1-24(2)40(44(60)57-14-6-7-25(57)3)59-20-36(55-56-59)28-10-8-27(9-11-28)22-62-41-38(32-12-13-35(47)42-37(32)29(17-51)23-64-42)34(46(48,49)50)16-33-39(41)53-45(63-21-26(4)61-5)54-43(33)58-19-30-15-31(58)18-52-30;15-13-7-16-6-5-12(13)10-1-3-11(4-2-10)14(8-18)17-9-19/h8-13,16,20,23-26,30-31,40,52H,6-7,14-15,18-19,21-22H2,1-5H3;1-7,9,14,18H,8H2,(H,17,19)/t25?,26-,30?,31?,40?;/m0./s1. The molecule has 0 aliphatic carbocycles. The second-order valence-electron chi connectivity index (χ2n) is 21.2. The maximum absolute atomic E-state index is 15.7. The summed E-state index contributed by atoms with van der Waals surface area (Å²) in [5.74, 6) is -0.650. The number of aromatic nitrogens is 6. The van der Waals surface area contributed by atoms with Crippen LogP contribution < -0.4 is 25.0 Å². The predicted octanol–water partition coefficient (Wildman–Crippen LogP) is 10.7. The van der Waals surface area contributed by atoms with E-state index in [0.29, 0.717) is 47.9 Å². The quantitative estimate of drug-likeness (QED) is 0.0540. The van der Waals surface area contributed by atoms with Gasteiger partial charge >= 0.3 is 12.2 Å². The highest BCUT2D eigenvalue weighted by Crippen LogP contribution is 2.51. The summed E-state index contributed by atoms with van der Waals surface area (Å²) in [4.78, 5) is 41.4. The largest absolute Gasteiger partial charge is 0.486 e. The average Bonchev–Trinajstić information content (AvgIpc) is 2.02. The first-order chi connectivity index (χ1) is 40.0. The molecule has 17 nitrogen and oxygen atoms in total. The van der Waals surface area contributed by atoms with Crippen LogP contribution in [0, 0.1) is 23.1 Å². The summed E-state index contributed by atoms with van der Waals surface area (Å²) in [5.41, 5.74) is 3.15. The Bertz CT molecular complexity index is 3690. The molecule has 3 fully saturated rings. The van der Waals surface area contributed by atoms with Crippen LogP contribution in [0.4, 0.5) is 23.4 Å². The zero-order valence-corrected chi connectivity index (χ0v) is 47.6. The minimum atomic E-state index is -4.94. The number of fused-ring (bicyclic) bond motifs is 4. The molecule has 0 saturated carbocycles. The van der Waals surface area contributed by atoms with Gasteiger partial charge in [-0.3, -0.25) is 14.6 Å². The second kappa shape index (κ2) is 25.0. The first-order valence-corrected chi connectivity index (χ1v) is 28.4. The Morgan fingerprint density at radius 3 is 2.46 bits per heavy atom. The number of pyridine rings is 1. The fourth-order valence-corrected chi connectivity index (χ4v) is 12.2. The maximum Gasteiger partial charge on any atom is 0.417 e. The molecule has 11 rings (SSSR count). The molecular weight excluding hydrogens is 1110 g/mol. The Morgan fingerprint density at radius 2 is 1.82 bits per heavy atom. The van der Waals surface area contributed by atoms with Gasteiger partial charge < -0.3 is 39.8 Å². The fraction of sp³-hybridized carbons (Fsp3) is 0.367. The summed E-state index contributed by atoms with van der Waals surface area (Å²) >= 11 is 7.02. The molecule has 23 heteroatoms. The summed E-state index contributed by atoms with van der Waals surface area (Å²) in [6.07, 6.45) is 3.03. The third-order valence-corrected chi connectivity index (χ3v) is 16.7. The van der Waals surface area contributed by atoms with Gasteiger partial charge in [0.25, 0.3) is 0 Å². The van der Waals surface area contributed by atoms with Crippen LogP contribution >= 0.6 is 22.9 Å². The molecule has 83 heavy (non-hydrogen) atoms. The Balaban J connectivity index is 0.000000343. The number of benzene rings is 4. The molecule has 4 aromatic heterocycles. The minimum absolute atomic E-state index is 0.0138. The third-order valence-electron chi connectivity index (χ3n) is 15.4. The lowest BCUT2D eigenvalue weighted by molar-refractivity contribution is -0.137. The number of aliphatic hydroxyl groups is 1. The number of amides is 2. The molecular formula is C60H60ClF4N11O6S. The zero-order chi connectivity index (χ0) is 58.7. The molecule has 8 aromatic rings. The van der Waals surface area contributed by atoms with Gasteiger partial charge in [-0.05, 0) is 79.5 Å². The van der Waals surface area contributed by atoms with Crippen molar-refractivity contribution < 1.29 is 46.5 Å². The molecule has 5 unspecified atom stereocenters. The number of nitrogens with one attached hydrogen (secondary N) is 2. The molecule has 0 spiro atoms. The number of likely N-dealkylation sites (tertiary alicyclic amines) is 1. The summed E-state index contributed by atoms with van der Waals surface area (Å²) in [5, 5.41) is 36.2. The van der Waals surface area contributed by atoms with Crippen LogP contribution in [0.25, 0.3) is 54.5 Å². The highest BCUT2D eigenvalue weighted by molar-refractivity contribution is 7.17. The molecule has 3 saturated heterocycles. The van der Waals surface area contributed by atoms with Crippen molar-refractivity contribution in [1.29, 1.82) is 5.26 Å². The number of nitrogens with zero attached hydrogens (tertiary/aromatic N) is 9. The van der Waals surface area contributed by atoms with Gasteiger partial charge in [0.05, 0.1) is 45.8 Å². The minimum Gasteiger partial charge on any atom is -0.486 e. The number of rotatable bonds is 18. The number of hydrogen-bond acceptors (Lipinski definition) is 15. The van der Waals surface area contributed by atoms with Crippen molar-refractivity contribution in [1.82, 2.24) is 45.5 Å². The van der Waals surface area contributed by atoms with Crippen molar-refractivity contribution in [3.63, 3.8) is 0 Å². The number of nitriles is 1. The van der Waals surface area contributed by atoms with E-state index >= 15 is 17.6 Å². The Kier molecular flexibility index (Phi) is 17.6. The van der Waals surface area contributed by atoms with Gasteiger partial charge in [0.15, 0.2) is 5.75 Å². The second-order valence-corrected chi connectivity index (χ2v) is 22.5. The normalized spacial score (nSPS) is 17.8. The number of halogens is 5. The van der Waals surface area contributed by atoms with E-state index in [1.807, 2.05) is 60.0 Å². The molecule has 432 valence electrons. The SMILES string of the molecule is CO[C@@H](C)COc1nc(N2CC3CC2CN3)c2cc(C(F)(F)F)c(-c3ccc(F)c4scc(C#N)c34)c(OCc3ccc(-c4cn(C(C(=O)N5CCCC5C)C(C)C)nn4)cc3)c2n1.O=CNC(CO)c1ccc(-c2ccncc2Cl)cc1. The third kappa shape index (κ3) is 12.2. The van der Waals surface area contributed by atoms with Crippen LogP contribution in [0.2, 0.25) is 5.02 Å². The Labute approximate surface area is 485 Å². The summed E-state index contributed by atoms with van der Waals surface area (Å²) < 4.78 is 82.1. The Morgan fingerprint density at radius 1 is 1.05 bits per heavy atom. The molecule has 3 aliphatic rings. The lowest BCUT2D eigenvalue weighted by Gasteiger charge is -2.30. The molecule has 2 amide bonds. The number of methoxy groups -OCH3 is 1. The van der Waals surface area contributed by atoms with Crippen molar-refractivity contribution in [3.8, 4) is 51.3 Å². The number of ether oxygens (including phenoxy) is 3. The summed E-state index contributed by atoms with van der Waals surface area (Å²) in [6.45, 7) is 9.38. The Hall–Kier alpha value is -7.81. The van der Waals surface area contributed by atoms with Crippen molar-refractivity contribution in [2.24, 2.45) is 5.92 Å². The molecule has 2 bridgehead atoms. The van der Waals surface area contributed by atoms with E-state index in [-0.39, 0.29) is 112 Å². The van der Waals surface area contributed by atoms with E-state index in [4.69, 9.17) is 35.8 Å². The van der Waals surface area contributed by atoms with Gasteiger partial charge in [-0.15, -0.1) is 16.4 Å². The van der Waals surface area contributed by atoms with Gasteiger partial charge in [-0.1, -0.05) is 85.3 Å². The maximum atomic E-state index is 15.7. The molecule has 4 aromatic carbocycles. The van der Waals surface area contributed by atoms with E-state index < -0.39 is 29.2 Å². The number of alkyl halides is 3. The lowest BCUT2D eigenvalue weighted by atomic mass is 9.92. The zero-order valence-electron chi connectivity index (χ0n) is 46.0. The lowest BCUT2D eigenvalue weighted by Crippen LogP contribution is -2.44. The van der Waals surface area contributed by atoms with Gasteiger partial charge in [0, 0.05) is 90.1 Å². The first-order valence-electron chi connectivity index (χ1n) is 27.2. The monoisotopic (exact) mass is 1170 g/mol. The van der Waals surface area contributed by atoms with Crippen LogP contribution in [0.3, 0.4) is 0 Å². The van der Waals surface area contributed by atoms with Crippen LogP contribution in [-0.2, 0) is 27.1 Å².